The Bertz CT molecular complexity index is 648. The first-order chi connectivity index (χ1) is 10.2. The second-order valence-electron chi connectivity index (χ2n) is 5.46. The molecule has 0 bridgehead atoms. The molecule has 1 amide bonds. The average Bonchev–Trinajstić information content (AvgIpc) is 2.87. The molecular weight excluding hydrogens is 296 g/mol. The Morgan fingerprint density at radius 2 is 1.91 bits per heavy atom. The summed E-state index contributed by atoms with van der Waals surface area (Å²) in [6.45, 7) is 5.27. The third kappa shape index (κ3) is 4.24. The zero-order valence-electron chi connectivity index (χ0n) is 12.3. The zero-order valence-corrected chi connectivity index (χ0v) is 12.3. The Hall–Kier alpha value is -2.51. The van der Waals surface area contributed by atoms with E-state index in [0.29, 0.717) is 11.3 Å². The van der Waals surface area contributed by atoms with Crippen molar-refractivity contribution < 1.29 is 22.8 Å². The van der Waals surface area contributed by atoms with Gasteiger partial charge in [-0.05, 0) is 45.0 Å². The predicted molar refractivity (Wildman–Crippen MR) is 74.5 cm³/mol. The van der Waals surface area contributed by atoms with Gasteiger partial charge in [-0.3, -0.25) is 5.32 Å². The number of rotatable bonds is 3. The molecular formula is C14H15F2N3O3. The highest BCUT2D eigenvalue weighted by Gasteiger charge is 2.18. The van der Waals surface area contributed by atoms with Crippen LogP contribution in [0, 0.1) is 0 Å². The number of carbonyl (C=O) groups is 1. The maximum atomic E-state index is 12.4. The Balaban J connectivity index is 2.05. The predicted octanol–water partition coefficient (Wildman–Crippen LogP) is 4.02. The Labute approximate surface area is 125 Å². The molecule has 0 fully saturated rings. The number of halogens is 2. The van der Waals surface area contributed by atoms with Crippen molar-refractivity contribution in [2.75, 3.05) is 5.32 Å². The molecule has 1 aromatic carbocycles. The number of anilines is 1. The molecule has 0 unspecified atom stereocenters. The van der Waals surface area contributed by atoms with Crippen LogP contribution in [0.3, 0.4) is 0 Å². The molecule has 0 aliphatic rings. The van der Waals surface area contributed by atoms with E-state index >= 15 is 0 Å². The molecule has 0 spiro atoms. The number of carbonyl (C=O) groups excluding carboxylic acids is 1. The lowest BCUT2D eigenvalue weighted by Crippen LogP contribution is -2.27. The maximum Gasteiger partial charge on any atom is 0.412 e. The van der Waals surface area contributed by atoms with Gasteiger partial charge in [0.2, 0.25) is 5.82 Å². The Kier molecular flexibility index (Phi) is 4.39. The van der Waals surface area contributed by atoms with Crippen molar-refractivity contribution >= 4 is 11.8 Å². The third-order valence-electron chi connectivity index (χ3n) is 2.42. The van der Waals surface area contributed by atoms with Crippen molar-refractivity contribution in [3.05, 3.63) is 30.2 Å². The number of ether oxygens (including phenoxy) is 1. The number of alkyl halides is 2. The summed E-state index contributed by atoms with van der Waals surface area (Å²) in [5, 5.41) is 6.02. The number of amides is 1. The van der Waals surface area contributed by atoms with E-state index in [4.69, 9.17) is 4.74 Å². The van der Waals surface area contributed by atoms with E-state index in [2.05, 4.69) is 20.0 Å². The molecule has 0 aliphatic carbocycles. The van der Waals surface area contributed by atoms with Crippen LogP contribution in [0.4, 0.5) is 19.3 Å². The molecule has 8 heteroatoms. The third-order valence-corrected chi connectivity index (χ3v) is 2.42. The van der Waals surface area contributed by atoms with E-state index in [1.54, 1.807) is 45.0 Å². The van der Waals surface area contributed by atoms with Gasteiger partial charge in [0.25, 0.3) is 5.89 Å². The van der Waals surface area contributed by atoms with Crippen LogP contribution in [-0.4, -0.2) is 21.8 Å². The standard InChI is InChI=1S/C14H15F2N3O3/c1-14(2,3)21-13(20)17-9-6-4-8(5-7-9)11-18-12(10(15)16)22-19-11/h4-7,10H,1-3H3,(H,17,20). The highest BCUT2D eigenvalue weighted by Crippen LogP contribution is 2.23. The van der Waals surface area contributed by atoms with Gasteiger partial charge in [-0.2, -0.15) is 13.8 Å². The van der Waals surface area contributed by atoms with Crippen molar-refractivity contribution in [2.24, 2.45) is 0 Å². The Morgan fingerprint density at radius 3 is 2.41 bits per heavy atom. The number of hydrogen-bond donors (Lipinski definition) is 1. The average molecular weight is 311 g/mol. The van der Waals surface area contributed by atoms with Crippen LogP contribution in [0.5, 0.6) is 0 Å². The van der Waals surface area contributed by atoms with Gasteiger partial charge in [0.1, 0.15) is 5.60 Å². The molecule has 0 radical (unpaired) electrons. The van der Waals surface area contributed by atoms with Gasteiger partial charge < -0.3 is 9.26 Å². The fourth-order valence-corrected chi connectivity index (χ4v) is 1.57. The Morgan fingerprint density at radius 1 is 1.27 bits per heavy atom. The molecule has 0 atom stereocenters. The molecule has 118 valence electrons. The molecule has 2 aromatic rings. The lowest BCUT2D eigenvalue weighted by molar-refractivity contribution is 0.0636. The topological polar surface area (TPSA) is 77.2 Å². The van der Waals surface area contributed by atoms with E-state index < -0.39 is 24.0 Å². The SMILES string of the molecule is CC(C)(C)OC(=O)Nc1ccc(-c2noc(C(F)F)n2)cc1. The summed E-state index contributed by atoms with van der Waals surface area (Å²) in [6.07, 6.45) is -3.39. The van der Waals surface area contributed by atoms with Crippen LogP contribution in [-0.2, 0) is 4.74 Å². The molecule has 22 heavy (non-hydrogen) atoms. The fourth-order valence-electron chi connectivity index (χ4n) is 1.57. The molecule has 0 saturated heterocycles. The minimum absolute atomic E-state index is 0.0547. The normalized spacial score (nSPS) is 11.5. The van der Waals surface area contributed by atoms with Gasteiger partial charge in [-0.1, -0.05) is 5.16 Å². The van der Waals surface area contributed by atoms with Crippen molar-refractivity contribution in [2.45, 2.75) is 32.8 Å². The van der Waals surface area contributed by atoms with Crippen molar-refractivity contribution in [1.29, 1.82) is 0 Å². The quantitative estimate of drug-likeness (QED) is 0.926. The molecule has 1 N–H and O–H groups in total. The van der Waals surface area contributed by atoms with Crippen LogP contribution in [0.2, 0.25) is 0 Å². The summed E-state index contributed by atoms with van der Waals surface area (Å²) in [5.74, 6) is -0.676. The van der Waals surface area contributed by atoms with Crippen molar-refractivity contribution in [3.63, 3.8) is 0 Å². The molecule has 1 aromatic heterocycles. The van der Waals surface area contributed by atoms with Gasteiger partial charge >= 0.3 is 12.5 Å². The van der Waals surface area contributed by atoms with E-state index in [0.717, 1.165) is 0 Å². The highest BCUT2D eigenvalue weighted by atomic mass is 19.3. The van der Waals surface area contributed by atoms with Crippen molar-refractivity contribution in [3.8, 4) is 11.4 Å². The summed E-state index contributed by atoms with van der Waals surface area (Å²) in [6, 6.07) is 6.31. The number of nitrogens with zero attached hydrogens (tertiary/aromatic N) is 2. The number of nitrogens with one attached hydrogen (secondary N) is 1. The van der Waals surface area contributed by atoms with Crippen LogP contribution >= 0.6 is 0 Å². The van der Waals surface area contributed by atoms with E-state index in [9.17, 15) is 13.6 Å². The molecule has 6 nitrogen and oxygen atoms in total. The van der Waals surface area contributed by atoms with E-state index in [1.807, 2.05) is 0 Å². The largest absolute Gasteiger partial charge is 0.444 e. The first kappa shape index (κ1) is 15.9. The zero-order chi connectivity index (χ0) is 16.3. The van der Waals surface area contributed by atoms with E-state index in [-0.39, 0.29) is 5.82 Å². The monoisotopic (exact) mass is 311 g/mol. The lowest BCUT2D eigenvalue weighted by atomic mass is 10.2. The van der Waals surface area contributed by atoms with Gasteiger partial charge in [-0.15, -0.1) is 0 Å². The lowest BCUT2D eigenvalue weighted by Gasteiger charge is -2.19. The second kappa shape index (κ2) is 6.08. The minimum atomic E-state index is -2.81. The smallest absolute Gasteiger partial charge is 0.412 e. The van der Waals surface area contributed by atoms with Crippen LogP contribution in [0.15, 0.2) is 28.8 Å². The number of hydrogen-bond acceptors (Lipinski definition) is 5. The molecule has 0 aliphatic heterocycles. The van der Waals surface area contributed by atoms with Crippen LogP contribution < -0.4 is 5.32 Å². The van der Waals surface area contributed by atoms with Gasteiger partial charge in [0.05, 0.1) is 0 Å². The molecule has 1 heterocycles. The summed E-state index contributed by atoms with van der Waals surface area (Å²) < 4.78 is 34.3. The first-order valence-electron chi connectivity index (χ1n) is 6.47. The van der Waals surface area contributed by atoms with Crippen LogP contribution in [0.25, 0.3) is 11.4 Å². The fraction of sp³-hybridized carbons (Fsp3) is 0.357. The summed E-state index contributed by atoms with van der Waals surface area (Å²) in [7, 11) is 0. The highest BCUT2D eigenvalue weighted by molar-refractivity contribution is 5.85. The van der Waals surface area contributed by atoms with Crippen molar-refractivity contribution in [1.82, 2.24) is 10.1 Å². The summed E-state index contributed by atoms with van der Waals surface area (Å²) in [4.78, 5) is 15.2. The first-order valence-corrected chi connectivity index (χ1v) is 6.47. The van der Waals surface area contributed by atoms with Gasteiger partial charge in [-0.25, -0.2) is 4.79 Å². The second-order valence-corrected chi connectivity index (χ2v) is 5.46. The maximum absolute atomic E-state index is 12.4. The number of benzene rings is 1. The van der Waals surface area contributed by atoms with E-state index in [1.165, 1.54) is 0 Å². The van der Waals surface area contributed by atoms with Crippen LogP contribution in [0.1, 0.15) is 33.1 Å². The summed E-state index contributed by atoms with van der Waals surface area (Å²) in [5.41, 5.74) is 0.390. The van der Waals surface area contributed by atoms with Gasteiger partial charge in [0, 0.05) is 11.3 Å². The number of aromatic nitrogens is 2. The molecule has 0 saturated carbocycles. The summed E-state index contributed by atoms with van der Waals surface area (Å²) >= 11 is 0. The minimum Gasteiger partial charge on any atom is -0.444 e. The molecule has 2 rings (SSSR count). The van der Waals surface area contributed by atoms with Gasteiger partial charge in [0.15, 0.2) is 0 Å².